The van der Waals surface area contributed by atoms with Crippen LogP contribution in [0.25, 0.3) is 0 Å². The third kappa shape index (κ3) is 2.48. The van der Waals surface area contributed by atoms with Gasteiger partial charge in [-0.15, -0.1) is 0 Å². The van der Waals surface area contributed by atoms with E-state index in [1.165, 1.54) is 7.11 Å². The van der Waals surface area contributed by atoms with Crippen LogP contribution in [0.4, 0.5) is 0 Å². The topological polar surface area (TPSA) is 98.9 Å². The maximum absolute atomic E-state index is 10.6. The molecule has 2 atom stereocenters. The summed E-state index contributed by atoms with van der Waals surface area (Å²) >= 11 is 0. The number of amides is 1. The number of carboxylic acid groups (broad SMARTS) is 1. The van der Waals surface area contributed by atoms with Crippen LogP contribution in [0, 0.1) is 0 Å². The summed E-state index contributed by atoms with van der Waals surface area (Å²) in [5.41, 5.74) is 4.85. The van der Waals surface area contributed by atoms with E-state index in [9.17, 15) is 9.59 Å². The summed E-state index contributed by atoms with van der Waals surface area (Å²) in [6.45, 7) is 0. The maximum Gasteiger partial charge on any atom is 0.336 e. The predicted octanol–water partition coefficient (Wildman–Crippen LogP) is -1.41. The average molecular weight is 177 g/mol. The van der Waals surface area contributed by atoms with E-state index in [0.29, 0.717) is 0 Å². The second kappa shape index (κ2) is 4.68. The molecule has 0 aromatic carbocycles. The van der Waals surface area contributed by atoms with Crippen molar-refractivity contribution < 1.29 is 24.2 Å². The van der Waals surface area contributed by atoms with Crippen LogP contribution in [0.5, 0.6) is 0 Å². The van der Waals surface area contributed by atoms with E-state index in [1.807, 2.05) is 0 Å². The molecule has 1 amide bonds. The Balaban J connectivity index is 4.44. The minimum atomic E-state index is -1.35. The van der Waals surface area contributed by atoms with E-state index in [0.717, 1.165) is 7.11 Å². The number of primary amides is 1. The van der Waals surface area contributed by atoms with Crippen molar-refractivity contribution in [2.45, 2.75) is 12.2 Å². The van der Waals surface area contributed by atoms with Gasteiger partial charge in [0.15, 0.2) is 12.2 Å². The van der Waals surface area contributed by atoms with Gasteiger partial charge in [-0.2, -0.15) is 0 Å². The van der Waals surface area contributed by atoms with E-state index in [4.69, 9.17) is 10.8 Å². The van der Waals surface area contributed by atoms with Gasteiger partial charge in [-0.05, 0) is 0 Å². The van der Waals surface area contributed by atoms with E-state index >= 15 is 0 Å². The number of rotatable bonds is 5. The van der Waals surface area contributed by atoms with Crippen LogP contribution in [0.15, 0.2) is 0 Å². The Kier molecular flexibility index (Phi) is 4.24. The molecule has 0 rings (SSSR count). The first kappa shape index (κ1) is 10.9. The number of methoxy groups -OCH3 is 2. The number of hydrogen-bond acceptors (Lipinski definition) is 4. The zero-order chi connectivity index (χ0) is 9.72. The lowest BCUT2D eigenvalue weighted by atomic mass is 10.2. The van der Waals surface area contributed by atoms with Crippen molar-refractivity contribution in [3.8, 4) is 0 Å². The van der Waals surface area contributed by atoms with Gasteiger partial charge in [0.1, 0.15) is 0 Å². The van der Waals surface area contributed by atoms with Crippen LogP contribution in [-0.4, -0.2) is 43.4 Å². The molecule has 0 saturated carbocycles. The third-order valence-electron chi connectivity index (χ3n) is 1.31. The Hall–Kier alpha value is -1.14. The largest absolute Gasteiger partial charge is 0.479 e. The molecule has 0 spiro atoms. The third-order valence-corrected chi connectivity index (χ3v) is 1.31. The monoisotopic (exact) mass is 177 g/mol. The van der Waals surface area contributed by atoms with E-state index in [2.05, 4.69) is 9.47 Å². The highest BCUT2D eigenvalue weighted by Gasteiger charge is 2.32. The molecule has 0 aliphatic heterocycles. The first-order chi connectivity index (χ1) is 5.54. The van der Waals surface area contributed by atoms with E-state index in [-0.39, 0.29) is 0 Å². The molecule has 0 fully saturated rings. The van der Waals surface area contributed by atoms with Gasteiger partial charge >= 0.3 is 5.97 Å². The summed E-state index contributed by atoms with van der Waals surface area (Å²) in [7, 11) is 2.35. The fourth-order valence-corrected chi connectivity index (χ4v) is 0.743. The average Bonchev–Trinajstić information content (AvgIpc) is 1.98. The standard InChI is InChI=1S/C6H11NO5/c1-11-3(5(7)8)4(12-2)6(9)10/h3-4H,1-2H3,(H2,7,8)(H,9,10)/t3-,4-/m0/s1. The molecule has 70 valence electrons. The van der Waals surface area contributed by atoms with Crippen LogP contribution >= 0.6 is 0 Å². The number of nitrogens with two attached hydrogens (primary N) is 1. The van der Waals surface area contributed by atoms with Crippen molar-refractivity contribution >= 4 is 11.9 Å². The number of carbonyl (C=O) groups is 2. The quantitative estimate of drug-likeness (QED) is 0.537. The molecule has 6 heteroatoms. The minimum Gasteiger partial charge on any atom is -0.479 e. The van der Waals surface area contributed by atoms with Gasteiger partial charge in [0, 0.05) is 14.2 Å². The molecule has 0 saturated heterocycles. The highest BCUT2D eigenvalue weighted by molar-refractivity contribution is 5.86. The molecule has 12 heavy (non-hydrogen) atoms. The van der Waals surface area contributed by atoms with Crippen LogP contribution in [-0.2, 0) is 19.1 Å². The molecule has 3 N–H and O–H groups in total. The molecule has 6 nitrogen and oxygen atoms in total. The predicted molar refractivity (Wildman–Crippen MR) is 38.4 cm³/mol. The molecule has 0 bridgehead atoms. The molecule has 0 aromatic rings. The van der Waals surface area contributed by atoms with Crippen LogP contribution in [0.3, 0.4) is 0 Å². The number of hydrogen-bond donors (Lipinski definition) is 2. The summed E-state index contributed by atoms with van der Waals surface area (Å²) in [6.07, 6.45) is -2.61. The molecular formula is C6H11NO5. The van der Waals surface area contributed by atoms with Crippen molar-refractivity contribution in [2.75, 3.05) is 14.2 Å². The molecule has 0 unspecified atom stereocenters. The van der Waals surface area contributed by atoms with E-state index < -0.39 is 24.1 Å². The number of ether oxygens (including phenoxy) is 2. The summed E-state index contributed by atoms with van der Waals surface area (Å²) in [5, 5.41) is 8.51. The van der Waals surface area contributed by atoms with Crippen LogP contribution in [0.2, 0.25) is 0 Å². The minimum absolute atomic E-state index is 0.869. The lowest BCUT2D eigenvalue weighted by molar-refractivity contribution is -0.162. The number of carboxylic acids is 1. The molecule has 0 aliphatic carbocycles. The first-order valence-electron chi connectivity index (χ1n) is 3.12. The Bertz CT molecular complexity index is 161. The van der Waals surface area contributed by atoms with Crippen molar-refractivity contribution in [3.63, 3.8) is 0 Å². The van der Waals surface area contributed by atoms with Gasteiger partial charge in [-0.1, -0.05) is 0 Å². The fraction of sp³-hybridized carbons (Fsp3) is 0.667. The first-order valence-corrected chi connectivity index (χ1v) is 3.12. The van der Waals surface area contributed by atoms with Gasteiger partial charge in [-0.3, -0.25) is 4.79 Å². The van der Waals surface area contributed by atoms with Crippen molar-refractivity contribution in [3.05, 3.63) is 0 Å². The van der Waals surface area contributed by atoms with Crippen molar-refractivity contribution in [1.82, 2.24) is 0 Å². The molecule has 0 radical (unpaired) electrons. The molecule has 0 aromatic heterocycles. The van der Waals surface area contributed by atoms with Crippen molar-refractivity contribution in [1.29, 1.82) is 0 Å². The molecular weight excluding hydrogens is 166 g/mol. The van der Waals surface area contributed by atoms with E-state index in [1.54, 1.807) is 0 Å². The van der Waals surface area contributed by atoms with Gasteiger partial charge in [0.25, 0.3) is 0 Å². The zero-order valence-corrected chi connectivity index (χ0v) is 6.81. The normalized spacial score (nSPS) is 15.2. The zero-order valence-electron chi connectivity index (χ0n) is 6.81. The summed E-state index contributed by atoms with van der Waals surface area (Å²) in [5.74, 6) is -2.16. The maximum atomic E-state index is 10.6. The highest BCUT2D eigenvalue weighted by Crippen LogP contribution is 2.01. The second-order valence-corrected chi connectivity index (χ2v) is 2.05. The van der Waals surface area contributed by atoms with Gasteiger partial charge in [0.2, 0.25) is 5.91 Å². The van der Waals surface area contributed by atoms with Gasteiger partial charge < -0.3 is 20.3 Å². The number of carbonyl (C=O) groups excluding carboxylic acids is 1. The van der Waals surface area contributed by atoms with Crippen LogP contribution in [0.1, 0.15) is 0 Å². The van der Waals surface area contributed by atoms with Crippen molar-refractivity contribution in [2.24, 2.45) is 5.73 Å². The SMILES string of the molecule is CO[C@H](C(N)=O)[C@H](OC)C(=O)O. The Morgan fingerprint density at radius 1 is 1.25 bits per heavy atom. The van der Waals surface area contributed by atoms with Crippen LogP contribution < -0.4 is 5.73 Å². The lowest BCUT2D eigenvalue weighted by Gasteiger charge is -2.17. The Morgan fingerprint density at radius 2 is 1.67 bits per heavy atom. The Labute approximate surface area is 69.2 Å². The summed E-state index contributed by atoms with van der Waals surface area (Å²) in [4.78, 5) is 21.0. The lowest BCUT2D eigenvalue weighted by Crippen LogP contribution is -2.45. The summed E-state index contributed by atoms with van der Waals surface area (Å²) < 4.78 is 9.05. The van der Waals surface area contributed by atoms with Gasteiger partial charge in [0.05, 0.1) is 0 Å². The fourth-order valence-electron chi connectivity index (χ4n) is 0.743. The molecule has 0 aliphatic rings. The second-order valence-electron chi connectivity index (χ2n) is 2.05. The summed E-state index contributed by atoms with van der Waals surface area (Å²) in [6, 6.07) is 0. The number of aliphatic carboxylic acids is 1. The Morgan fingerprint density at radius 3 is 1.75 bits per heavy atom. The van der Waals surface area contributed by atoms with Gasteiger partial charge in [-0.25, -0.2) is 4.79 Å². The smallest absolute Gasteiger partial charge is 0.336 e. The highest BCUT2D eigenvalue weighted by atomic mass is 16.5. The molecule has 0 heterocycles.